The molecule has 0 saturated carbocycles. The van der Waals surface area contributed by atoms with Gasteiger partial charge in [0, 0.05) is 0 Å². The van der Waals surface area contributed by atoms with Crippen molar-refractivity contribution in [2.45, 2.75) is 6.61 Å². The highest BCUT2D eigenvalue weighted by Gasteiger charge is 2.24. The minimum atomic E-state index is -0.621. The Morgan fingerprint density at radius 1 is 1.15 bits per heavy atom. The van der Waals surface area contributed by atoms with Gasteiger partial charge in [-0.25, -0.2) is 10.1 Å². The first-order chi connectivity index (χ1) is 16.6. The van der Waals surface area contributed by atoms with E-state index in [0.717, 1.165) is 0 Å². The fourth-order valence-corrected chi connectivity index (χ4v) is 2.94. The van der Waals surface area contributed by atoms with E-state index in [0.29, 0.717) is 22.8 Å². The van der Waals surface area contributed by atoms with Crippen LogP contribution >= 0.6 is 0 Å². The predicted octanol–water partition coefficient (Wildman–Crippen LogP) is 1.59. The fourth-order valence-electron chi connectivity index (χ4n) is 2.94. The fraction of sp³-hybridized carbons (Fsp3) is 0.143. The average molecular weight is 464 g/mol. The number of carbonyl (C=O) groups is 1. The van der Waals surface area contributed by atoms with Crippen molar-refractivity contribution in [1.29, 1.82) is 0 Å². The molecule has 0 aliphatic heterocycles. The number of hydrazone groups is 1. The Morgan fingerprint density at radius 3 is 2.65 bits per heavy atom. The van der Waals surface area contributed by atoms with E-state index in [1.165, 1.54) is 18.0 Å². The average Bonchev–Trinajstić information content (AvgIpc) is 3.48. The molecule has 0 spiro atoms. The first-order valence-electron chi connectivity index (χ1n) is 9.87. The van der Waals surface area contributed by atoms with Gasteiger partial charge in [-0.2, -0.15) is 9.78 Å². The van der Waals surface area contributed by atoms with Crippen LogP contribution in [0.1, 0.15) is 21.7 Å². The maximum Gasteiger partial charge on any atom is 0.293 e. The summed E-state index contributed by atoms with van der Waals surface area (Å²) in [6.07, 6.45) is 1.45. The summed E-state index contributed by atoms with van der Waals surface area (Å²) >= 11 is 0. The third-order valence-electron chi connectivity index (χ3n) is 4.58. The van der Waals surface area contributed by atoms with Crippen molar-refractivity contribution >= 4 is 17.9 Å². The van der Waals surface area contributed by atoms with E-state index in [1.54, 1.807) is 37.4 Å². The number of nitrogens with zero attached hydrogens (tertiary/aromatic N) is 6. The smallest absolute Gasteiger partial charge is 0.293 e. The van der Waals surface area contributed by atoms with Crippen LogP contribution in [0, 0.1) is 0 Å². The molecule has 13 heteroatoms. The lowest BCUT2D eigenvalue weighted by Crippen LogP contribution is -2.21. The number of rotatable bonds is 9. The Hall–Kier alpha value is -4.94. The van der Waals surface area contributed by atoms with Crippen LogP contribution < -0.4 is 25.4 Å². The summed E-state index contributed by atoms with van der Waals surface area (Å²) in [6.45, 7) is -0.0640. The summed E-state index contributed by atoms with van der Waals surface area (Å²) in [7, 11) is 3.07. The van der Waals surface area contributed by atoms with E-state index in [9.17, 15) is 4.79 Å². The second-order valence-electron chi connectivity index (χ2n) is 6.68. The molecule has 2 heterocycles. The van der Waals surface area contributed by atoms with Gasteiger partial charge in [0.25, 0.3) is 5.91 Å². The van der Waals surface area contributed by atoms with Gasteiger partial charge in [-0.1, -0.05) is 23.4 Å². The summed E-state index contributed by atoms with van der Waals surface area (Å²) in [5.41, 5.74) is 9.11. The second-order valence-corrected chi connectivity index (χ2v) is 6.68. The molecule has 0 bridgehead atoms. The highest BCUT2D eigenvalue weighted by molar-refractivity contribution is 5.94. The number of ether oxygens (including phenoxy) is 3. The second kappa shape index (κ2) is 10.1. The number of nitrogen functional groups attached to an aromatic ring is 1. The number of hydrogen-bond acceptors (Lipinski definition) is 11. The van der Waals surface area contributed by atoms with E-state index >= 15 is 0 Å². The van der Waals surface area contributed by atoms with Crippen LogP contribution in [0.5, 0.6) is 17.2 Å². The number of para-hydroxylation sites is 1. The molecular formula is C21H20N8O5. The van der Waals surface area contributed by atoms with Crippen LogP contribution in [0.25, 0.3) is 5.82 Å². The lowest BCUT2D eigenvalue weighted by molar-refractivity contribution is 0.0947. The lowest BCUT2D eigenvalue weighted by atomic mass is 10.2. The standard InChI is InChI=1S/C21H20N8O5/c1-31-16-9-8-13(10-17(16)32-2)11-23-25-21(30)18-15(12-33-14-6-4-3-5-7-14)29(28-24-18)20-19(22)26-34-27-20/h3-11H,12H2,1-2H3,(H2,22,26)(H,25,30). The Bertz CT molecular complexity index is 1300. The monoisotopic (exact) mass is 464 g/mol. The van der Waals surface area contributed by atoms with Crippen LogP contribution in [0.4, 0.5) is 5.82 Å². The van der Waals surface area contributed by atoms with Crippen molar-refractivity contribution in [1.82, 2.24) is 30.7 Å². The number of anilines is 1. The molecule has 4 aromatic rings. The van der Waals surface area contributed by atoms with E-state index in [1.807, 2.05) is 18.2 Å². The molecule has 0 aliphatic rings. The molecule has 13 nitrogen and oxygen atoms in total. The molecule has 2 aromatic carbocycles. The molecule has 174 valence electrons. The van der Waals surface area contributed by atoms with Crippen molar-refractivity contribution in [3.05, 3.63) is 65.5 Å². The molecular weight excluding hydrogens is 444 g/mol. The summed E-state index contributed by atoms with van der Waals surface area (Å²) in [4.78, 5) is 12.8. The number of benzene rings is 2. The van der Waals surface area contributed by atoms with E-state index in [2.05, 4.69) is 35.8 Å². The van der Waals surface area contributed by atoms with Gasteiger partial charge in [0.15, 0.2) is 17.2 Å². The van der Waals surface area contributed by atoms with Gasteiger partial charge in [-0.3, -0.25) is 4.79 Å². The molecule has 0 fully saturated rings. The third kappa shape index (κ3) is 4.77. The van der Waals surface area contributed by atoms with Gasteiger partial charge in [0.1, 0.15) is 18.1 Å². The van der Waals surface area contributed by atoms with Gasteiger partial charge >= 0.3 is 0 Å². The molecule has 2 aromatic heterocycles. The molecule has 3 N–H and O–H groups in total. The molecule has 4 rings (SSSR count). The molecule has 0 saturated heterocycles. The minimum absolute atomic E-state index is 0.0238. The minimum Gasteiger partial charge on any atom is -0.493 e. The number of methoxy groups -OCH3 is 2. The largest absolute Gasteiger partial charge is 0.493 e. The Labute approximate surface area is 193 Å². The highest BCUT2D eigenvalue weighted by Crippen LogP contribution is 2.26. The van der Waals surface area contributed by atoms with Crippen LogP contribution in [0.15, 0.2) is 58.3 Å². The van der Waals surface area contributed by atoms with Crippen LogP contribution in [0.2, 0.25) is 0 Å². The summed E-state index contributed by atoms with van der Waals surface area (Å²) < 4.78 is 22.1. The van der Waals surface area contributed by atoms with Gasteiger partial charge in [-0.05, 0) is 46.2 Å². The highest BCUT2D eigenvalue weighted by atomic mass is 16.6. The van der Waals surface area contributed by atoms with Crippen molar-refractivity contribution < 1.29 is 23.6 Å². The van der Waals surface area contributed by atoms with Gasteiger partial charge in [0.05, 0.1) is 20.4 Å². The van der Waals surface area contributed by atoms with Gasteiger partial charge in [-0.15, -0.1) is 5.10 Å². The number of nitrogens with two attached hydrogens (primary N) is 1. The van der Waals surface area contributed by atoms with Crippen molar-refractivity contribution in [3.63, 3.8) is 0 Å². The topological polar surface area (TPSA) is 165 Å². The number of amides is 1. The van der Waals surface area contributed by atoms with E-state index < -0.39 is 5.91 Å². The van der Waals surface area contributed by atoms with Crippen molar-refractivity contribution in [3.8, 4) is 23.1 Å². The Balaban J connectivity index is 1.55. The summed E-state index contributed by atoms with van der Waals surface area (Å²) in [5.74, 6) is 1.12. The van der Waals surface area contributed by atoms with E-state index in [-0.39, 0.29) is 29.6 Å². The lowest BCUT2D eigenvalue weighted by Gasteiger charge is -2.08. The Morgan fingerprint density at radius 2 is 1.94 bits per heavy atom. The third-order valence-corrected chi connectivity index (χ3v) is 4.58. The molecule has 0 aliphatic carbocycles. The van der Waals surface area contributed by atoms with Crippen LogP contribution in [-0.4, -0.2) is 51.6 Å². The zero-order valence-electron chi connectivity index (χ0n) is 18.2. The zero-order valence-corrected chi connectivity index (χ0v) is 18.2. The maximum atomic E-state index is 12.8. The number of aromatic nitrogens is 5. The van der Waals surface area contributed by atoms with Crippen LogP contribution in [-0.2, 0) is 6.61 Å². The number of nitrogens with one attached hydrogen (secondary N) is 1. The number of hydrogen-bond donors (Lipinski definition) is 2. The predicted molar refractivity (Wildman–Crippen MR) is 119 cm³/mol. The van der Waals surface area contributed by atoms with E-state index in [4.69, 9.17) is 19.9 Å². The summed E-state index contributed by atoms with van der Waals surface area (Å²) in [5, 5.41) is 19.1. The molecule has 0 atom stereocenters. The molecule has 1 amide bonds. The number of carbonyl (C=O) groups excluding carboxylic acids is 1. The Kier molecular flexibility index (Phi) is 6.63. The molecule has 0 radical (unpaired) electrons. The van der Waals surface area contributed by atoms with Crippen LogP contribution in [0.3, 0.4) is 0 Å². The van der Waals surface area contributed by atoms with Gasteiger partial charge < -0.3 is 19.9 Å². The zero-order chi connectivity index (χ0) is 23.9. The molecule has 0 unspecified atom stereocenters. The van der Waals surface area contributed by atoms with Gasteiger partial charge in [0.2, 0.25) is 11.6 Å². The van der Waals surface area contributed by atoms with Crippen molar-refractivity contribution in [2.75, 3.05) is 20.0 Å². The molecule has 34 heavy (non-hydrogen) atoms. The first kappa shape index (κ1) is 22.3. The van der Waals surface area contributed by atoms with Crippen molar-refractivity contribution in [2.24, 2.45) is 5.10 Å². The first-order valence-corrected chi connectivity index (χ1v) is 9.87. The summed E-state index contributed by atoms with van der Waals surface area (Å²) in [6, 6.07) is 14.2. The SMILES string of the molecule is COc1ccc(C=NNC(=O)c2nnn(-c3nonc3N)c2COc2ccccc2)cc1OC. The normalized spacial score (nSPS) is 10.9. The maximum absolute atomic E-state index is 12.8. The quantitative estimate of drug-likeness (QED) is 0.274.